The van der Waals surface area contributed by atoms with Gasteiger partial charge < -0.3 is 0 Å². The Morgan fingerprint density at radius 1 is 1.03 bits per heavy atom. The zero-order valence-electron chi connectivity index (χ0n) is 17.3. The Morgan fingerprint density at radius 2 is 1.62 bits per heavy atom. The van der Waals surface area contributed by atoms with Gasteiger partial charge in [-0.1, -0.05) is 32.9 Å². The van der Waals surface area contributed by atoms with Gasteiger partial charge in [0.2, 0.25) is 0 Å². The molecule has 9 heteroatoms. The van der Waals surface area contributed by atoms with Crippen molar-refractivity contribution >= 4 is 21.7 Å². The molecule has 0 N–H and O–H groups in total. The maximum absolute atomic E-state index is 13.2. The normalized spacial score (nSPS) is 15.1. The lowest BCUT2D eigenvalue weighted by Crippen LogP contribution is -2.45. The number of nitrogens with zero attached hydrogens (tertiary/aromatic N) is 4. The number of amides is 2. The summed E-state index contributed by atoms with van der Waals surface area (Å²) in [4.78, 5) is 26.3. The van der Waals surface area contributed by atoms with Gasteiger partial charge in [-0.05, 0) is 24.6 Å². The highest BCUT2D eigenvalue weighted by atomic mass is 32.2. The van der Waals surface area contributed by atoms with Crippen molar-refractivity contribution in [2.45, 2.75) is 37.5 Å². The van der Waals surface area contributed by atoms with Crippen LogP contribution in [0.3, 0.4) is 0 Å². The minimum absolute atomic E-state index is 0.0418. The summed E-state index contributed by atoms with van der Waals surface area (Å²) in [5.74, 6) is -0.840. The quantitative estimate of drug-likeness (QED) is 0.760. The van der Waals surface area contributed by atoms with E-state index in [0.29, 0.717) is 25.2 Å². The number of aromatic nitrogens is 2. The van der Waals surface area contributed by atoms with Crippen molar-refractivity contribution in [3.8, 4) is 0 Å². The van der Waals surface area contributed by atoms with E-state index < -0.39 is 15.7 Å². The zero-order valence-corrected chi connectivity index (χ0v) is 18.2. The number of hydrogen-bond donors (Lipinski definition) is 0. The van der Waals surface area contributed by atoms with Crippen molar-refractivity contribution in [3.05, 3.63) is 47.3 Å². The van der Waals surface area contributed by atoms with Gasteiger partial charge in [0.15, 0.2) is 9.84 Å². The maximum Gasteiger partial charge on any atom is 0.290 e. The summed E-state index contributed by atoms with van der Waals surface area (Å²) in [6.45, 7) is 6.75. The van der Waals surface area contributed by atoms with E-state index in [1.165, 1.54) is 26.8 Å². The molecule has 1 aliphatic heterocycles. The minimum atomic E-state index is -3.58. The maximum atomic E-state index is 13.2. The second kappa shape index (κ2) is 7.29. The van der Waals surface area contributed by atoms with Crippen LogP contribution in [0.4, 0.5) is 0 Å². The number of hydrogen-bond acceptors (Lipinski definition) is 5. The standard InChI is InChI=1S/C20H26N4O4S/c1-20(2,3)17-13-15(22(4)21-17)19(26)24-12-8-11-23(24)18(25)14-9-6-7-10-16(14)29(5,27)28/h6-7,9-10,13H,8,11-12H2,1-5H3. The molecule has 2 heterocycles. The fourth-order valence-electron chi connectivity index (χ4n) is 3.31. The molecule has 3 rings (SSSR count). The van der Waals surface area contributed by atoms with Crippen LogP contribution in [0, 0.1) is 0 Å². The molecule has 0 aliphatic carbocycles. The molecule has 1 saturated heterocycles. The molecule has 1 fully saturated rings. The smallest absolute Gasteiger partial charge is 0.267 e. The summed E-state index contributed by atoms with van der Waals surface area (Å²) in [5.41, 5.74) is 1.01. The summed E-state index contributed by atoms with van der Waals surface area (Å²) in [7, 11) is -1.88. The number of benzene rings is 1. The first-order valence-corrected chi connectivity index (χ1v) is 11.3. The van der Waals surface area contributed by atoms with Gasteiger partial charge in [0.25, 0.3) is 11.8 Å². The number of sulfone groups is 1. The third-order valence-electron chi connectivity index (χ3n) is 4.88. The molecule has 0 atom stereocenters. The molecular formula is C20H26N4O4S. The molecule has 1 aliphatic rings. The van der Waals surface area contributed by atoms with E-state index in [9.17, 15) is 18.0 Å². The van der Waals surface area contributed by atoms with Crippen LogP contribution >= 0.6 is 0 Å². The van der Waals surface area contributed by atoms with Crippen LogP contribution in [0.15, 0.2) is 35.2 Å². The number of rotatable bonds is 3. The SMILES string of the molecule is Cn1nc(C(C)(C)C)cc1C(=O)N1CCCN1C(=O)c1ccccc1S(C)(=O)=O. The Morgan fingerprint density at radius 3 is 2.17 bits per heavy atom. The summed E-state index contributed by atoms with van der Waals surface area (Å²) in [6, 6.07) is 7.81. The third-order valence-corrected chi connectivity index (χ3v) is 6.04. The van der Waals surface area contributed by atoms with Gasteiger partial charge in [-0.25, -0.2) is 18.4 Å². The van der Waals surface area contributed by atoms with Gasteiger partial charge in [0.1, 0.15) is 5.69 Å². The van der Waals surface area contributed by atoms with E-state index in [-0.39, 0.29) is 21.8 Å². The molecule has 1 aromatic carbocycles. The van der Waals surface area contributed by atoms with Crippen molar-refractivity contribution in [2.75, 3.05) is 19.3 Å². The van der Waals surface area contributed by atoms with Crippen LogP contribution in [-0.4, -0.2) is 59.4 Å². The number of carbonyl (C=O) groups excluding carboxylic acids is 2. The fourth-order valence-corrected chi connectivity index (χ4v) is 4.19. The largest absolute Gasteiger partial charge is 0.290 e. The summed E-state index contributed by atoms with van der Waals surface area (Å²) in [6.07, 6.45) is 1.68. The van der Waals surface area contributed by atoms with E-state index in [4.69, 9.17) is 0 Å². The van der Waals surface area contributed by atoms with Crippen LogP contribution in [0.1, 0.15) is 53.7 Å². The molecule has 8 nitrogen and oxygen atoms in total. The lowest BCUT2D eigenvalue weighted by atomic mass is 9.92. The minimum Gasteiger partial charge on any atom is -0.267 e. The molecule has 156 valence electrons. The molecule has 2 aromatic rings. The molecule has 1 aromatic heterocycles. The molecule has 29 heavy (non-hydrogen) atoms. The van der Waals surface area contributed by atoms with E-state index in [2.05, 4.69) is 5.10 Å². The van der Waals surface area contributed by atoms with E-state index in [1.54, 1.807) is 25.2 Å². The molecule has 0 spiro atoms. The second-order valence-electron chi connectivity index (χ2n) is 8.27. The Bertz CT molecular complexity index is 1070. The van der Waals surface area contributed by atoms with Gasteiger partial charge in [-0.15, -0.1) is 0 Å². The van der Waals surface area contributed by atoms with Gasteiger partial charge in [0, 0.05) is 31.8 Å². The first-order valence-electron chi connectivity index (χ1n) is 9.38. The Balaban J connectivity index is 1.95. The lowest BCUT2D eigenvalue weighted by molar-refractivity contribution is 0.0177. The van der Waals surface area contributed by atoms with Crippen LogP contribution in [0.25, 0.3) is 0 Å². The van der Waals surface area contributed by atoms with Crippen molar-refractivity contribution < 1.29 is 18.0 Å². The number of hydrazine groups is 1. The van der Waals surface area contributed by atoms with Crippen LogP contribution in [0.2, 0.25) is 0 Å². The van der Waals surface area contributed by atoms with Gasteiger partial charge in [-0.2, -0.15) is 5.10 Å². The predicted molar refractivity (Wildman–Crippen MR) is 108 cm³/mol. The van der Waals surface area contributed by atoms with Crippen molar-refractivity contribution in [3.63, 3.8) is 0 Å². The van der Waals surface area contributed by atoms with E-state index in [1.807, 2.05) is 20.8 Å². The fraction of sp³-hybridized carbons (Fsp3) is 0.450. The van der Waals surface area contributed by atoms with Gasteiger partial charge >= 0.3 is 0 Å². The molecule has 2 amide bonds. The zero-order chi connectivity index (χ0) is 21.6. The van der Waals surface area contributed by atoms with Crippen LogP contribution in [-0.2, 0) is 22.3 Å². The van der Waals surface area contributed by atoms with Gasteiger partial charge in [-0.3, -0.25) is 14.3 Å². The summed E-state index contributed by atoms with van der Waals surface area (Å²) in [5, 5.41) is 7.14. The van der Waals surface area contributed by atoms with Crippen LogP contribution < -0.4 is 0 Å². The van der Waals surface area contributed by atoms with Crippen molar-refractivity contribution in [2.24, 2.45) is 7.05 Å². The average molecular weight is 419 g/mol. The number of aryl methyl sites for hydroxylation is 1. The summed E-state index contributed by atoms with van der Waals surface area (Å²) < 4.78 is 25.7. The molecule has 0 saturated carbocycles. The highest BCUT2D eigenvalue weighted by Gasteiger charge is 2.35. The van der Waals surface area contributed by atoms with E-state index >= 15 is 0 Å². The Labute approximate surface area is 171 Å². The first-order chi connectivity index (χ1) is 13.4. The average Bonchev–Trinajstić information content (AvgIpc) is 3.26. The number of carbonyl (C=O) groups is 2. The van der Waals surface area contributed by atoms with Crippen LogP contribution in [0.5, 0.6) is 0 Å². The third kappa shape index (κ3) is 4.05. The lowest BCUT2D eigenvalue weighted by Gasteiger charge is -2.28. The van der Waals surface area contributed by atoms with Crippen molar-refractivity contribution in [1.82, 2.24) is 19.8 Å². The molecule has 0 bridgehead atoms. The van der Waals surface area contributed by atoms with E-state index in [0.717, 1.165) is 11.9 Å². The second-order valence-corrected chi connectivity index (χ2v) is 10.3. The topological polar surface area (TPSA) is 92.6 Å². The summed E-state index contributed by atoms with van der Waals surface area (Å²) >= 11 is 0. The predicted octanol–water partition coefficient (Wildman–Crippen LogP) is 2.02. The molecule has 0 radical (unpaired) electrons. The van der Waals surface area contributed by atoms with Crippen molar-refractivity contribution in [1.29, 1.82) is 0 Å². The first kappa shape index (κ1) is 21.0. The molecular weight excluding hydrogens is 392 g/mol. The Kier molecular flexibility index (Phi) is 5.29. The highest BCUT2D eigenvalue weighted by Crippen LogP contribution is 2.25. The Hall–Kier alpha value is -2.68. The molecule has 0 unspecified atom stereocenters. The highest BCUT2D eigenvalue weighted by molar-refractivity contribution is 7.90. The monoisotopic (exact) mass is 418 g/mol. The van der Waals surface area contributed by atoms with Gasteiger partial charge in [0.05, 0.1) is 16.2 Å².